The lowest BCUT2D eigenvalue weighted by Crippen LogP contribution is -2.42. The van der Waals surface area contributed by atoms with E-state index in [0.717, 1.165) is 29.9 Å². The number of amides is 2. The summed E-state index contributed by atoms with van der Waals surface area (Å²) in [7, 11) is 1.59. The van der Waals surface area contributed by atoms with E-state index >= 15 is 0 Å². The van der Waals surface area contributed by atoms with E-state index in [1.165, 1.54) is 0 Å². The van der Waals surface area contributed by atoms with E-state index in [0.29, 0.717) is 35.7 Å². The van der Waals surface area contributed by atoms with Crippen LogP contribution in [0.5, 0.6) is 5.75 Å². The molecule has 4 aromatic carbocycles. The standard InChI is InChI=1S/C34H34N6O4/c1-43-29-17-11-26(12-18-29)33(34(42)35-27-13-15-28(16-14-27)38-19-21-44-22-20-38)39(23-25-7-3-2-4-8-25)32(41)24-40-31-10-6-5-9-30(31)36-37-40/h2-18,33H,19-24H2,1H3,(H,35,42). The molecule has 10 heteroatoms. The number of nitrogens with zero attached hydrogens (tertiary/aromatic N) is 5. The Morgan fingerprint density at radius 2 is 1.61 bits per heavy atom. The van der Waals surface area contributed by atoms with Crippen LogP contribution in [0, 0.1) is 0 Å². The zero-order chi connectivity index (χ0) is 30.3. The van der Waals surface area contributed by atoms with Gasteiger partial charge in [-0.25, -0.2) is 4.68 Å². The van der Waals surface area contributed by atoms with Gasteiger partial charge in [0, 0.05) is 31.0 Å². The zero-order valence-corrected chi connectivity index (χ0v) is 24.5. The first-order valence-electron chi connectivity index (χ1n) is 14.6. The summed E-state index contributed by atoms with van der Waals surface area (Å²) in [6.07, 6.45) is 0. The highest BCUT2D eigenvalue weighted by Crippen LogP contribution is 2.28. The number of hydrogen-bond acceptors (Lipinski definition) is 7. The summed E-state index contributed by atoms with van der Waals surface area (Å²) in [6.45, 7) is 3.16. The minimum absolute atomic E-state index is 0.0818. The summed E-state index contributed by atoms with van der Waals surface area (Å²) >= 11 is 0. The number of nitrogens with one attached hydrogen (secondary N) is 1. The van der Waals surface area contributed by atoms with Gasteiger partial charge in [0.2, 0.25) is 5.91 Å². The van der Waals surface area contributed by atoms with Gasteiger partial charge >= 0.3 is 0 Å². The second kappa shape index (κ2) is 13.4. The molecule has 6 rings (SSSR count). The number of rotatable bonds is 10. The van der Waals surface area contributed by atoms with Crippen molar-refractivity contribution in [3.8, 4) is 5.75 Å². The number of methoxy groups -OCH3 is 1. The van der Waals surface area contributed by atoms with E-state index in [9.17, 15) is 9.59 Å². The van der Waals surface area contributed by atoms with Crippen molar-refractivity contribution in [1.29, 1.82) is 0 Å². The summed E-state index contributed by atoms with van der Waals surface area (Å²) in [5.41, 5.74) is 4.69. The van der Waals surface area contributed by atoms with E-state index < -0.39 is 6.04 Å². The molecular weight excluding hydrogens is 556 g/mol. The Morgan fingerprint density at radius 1 is 0.909 bits per heavy atom. The van der Waals surface area contributed by atoms with Crippen LogP contribution in [-0.2, 0) is 27.4 Å². The monoisotopic (exact) mass is 590 g/mol. The Morgan fingerprint density at radius 3 is 2.34 bits per heavy atom. The molecule has 1 atom stereocenters. The minimum Gasteiger partial charge on any atom is -0.497 e. The van der Waals surface area contributed by atoms with Crippen LogP contribution in [0.1, 0.15) is 17.2 Å². The van der Waals surface area contributed by atoms with Gasteiger partial charge in [-0.2, -0.15) is 0 Å². The van der Waals surface area contributed by atoms with Crippen molar-refractivity contribution in [3.63, 3.8) is 0 Å². The smallest absolute Gasteiger partial charge is 0.251 e. The van der Waals surface area contributed by atoms with Gasteiger partial charge in [0.15, 0.2) is 0 Å². The molecule has 5 aromatic rings. The first kappa shape index (κ1) is 28.9. The lowest BCUT2D eigenvalue weighted by atomic mass is 10.0. The van der Waals surface area contributed by atoms with Gasteiger partial charge in [0.25, 0.3) is 5.91 Å². The van der Waals surface area contributed by atoms with Crippen LogP contribution in [0.15, 0.2) is 103 Å². The molecule has 0 radical (unpaired) electrons. The van der Waals surface area contributed by atoms with E-state index in [4.69, 9.17) is 9.47 Å². The summed E-state index contributed by atoms with van der Waals surface area (Å²) in [5, 5.41) is 11.5. The van der Waals surface area contributed by atoms with Gasteiger partial charge in [-0.05, 0) is 59.7 Å². The normalized spacial score (nSPS) is 13.8. The van der Waals surface area contributed by atoms with E-state index in [2.05, 4.69) is 20.5 Å². The Labute approximate surface area is 255 Å². The molecule has 1 N–H and O–H groups in total. The fourth-order valence-corrected chi connectivity index (χ4v) is 5.40. The average Bonchev–Trinajstić information content (AvgIpc) is 3.48. The van der Waals surface area contributed by atoms with Crippen molar-refractivity contribution in [2.75, 3.05) is 43.6 Å². The topological polar surface area (TPSA) is 102 Å². The lowest BCUT2D eigenvalue weighted by Gasteiger charge is -2.32. The van der Waals surface area contributed by atoms with Gasteiger partial charge in [-0.1, -0.05) is 59.8 Å². The van der Waals surface area contributed by atoms with Gasteiger partial charge < -0.3 is 24.6 Å². The molecule has 44 heavy (non-hydrogen) atoms. The molecule has 1 saturated heterocycles. The molecule has 224 valence electrons. The molecule has 1 unspecified atom stereocenters. The summed E-state index contributed by atoms with van der Waals surface area (Å²) in [4.78, 5) is 32.3. The fourth-order valence-electron chi connectivity index (χ4n) is 5.40. The molecule has 1 aromatic heterocycles. The van der Waals surface area contributed by atoms with Crippen molar-refractivity contribution in [2.24, 2.45) is 0 Å². The van der Waals surface area contributed by atoms with Crippen molar-refractivity contribution in [3.05, 3.63) is 114 Å². The SMILES string of the molecule is COc1ccc(C(C(=O)Nc2ccc(N3CCOCC3)cc2)N(Cc2ccccc2)C(=O)Cn2nnc3ccccc32)cc1. The number of ether oxygens (including phenoxy) is 2. The molecular formula is C34H34N6O4. The number of morpholine rings is 1. The van der Waals surface area contributed by atoms with Crippen molar-refractivity contribution >= 4 is 34.2 Å². The van der Waals surface area contributed by atoms with Crippen LogP contribution in [0.4, 0.5) is 11.4 Å². The Balaban J connectivity index is 1.33. The number of carbonyl (C=O) groups is 2. The quantitative estimate of drug-likeness (QED) is 0.252. The maximum Gasteiger partial charge on any atom is 0.251 e. The van der Waals surface area contributed by atoms with Crippen LogP contribution >= 0.6 is 0 Å². The van der Waals surface area contributed by atoms with Crippen molar-refractivity contribution in [2.45, 2.75) is 19.1 Å². The number of anilines is 2. The molecule has 10 nitrogen and oxygen atoms in total. The third-order valence-corrected chi connectivity index (χ3v) is 7.72. The van der Waals surface area contributed by atoms with Crippen molar-refractivity contribution < 1.29 is 19.1 Å². The summed E-state index contributed by atoms with van der Waals surface area (Å²) in [6, 6.07) is 31.2. The highest BCUT2D eigenvalue weighted by molar-refractivity contribution is 5.98. The average molecular weight is 591 g/mol. The molecule has 0 spiro atoms. The zero-order valence-electron chi connectivity index (χ0n) is 24.5. The fraction of sp³-hybridized carbons (Fsp3) is 0.235. The number of benzene rings is 4. The largest absolute Gasteiger partial charge is 0.497 e. The molecule has 1 aliphatic rings. The third kappa shape index (κ3) is 6.55. The second-order valence-corrected chi connectivity index (χ2v) is 10.6. The first-order chi connectivity index (χ1) is 21.6. The van der Waals surface area contributed by atoms with E-state index in [1.807, 2.05) is 91.0 Å². The Hall–Kier alpha value is -5.22. The van der Waals surface area contributed by atoms with E-state index in [1.54, 1.807) is 28.8 Å². The van der Waals surface area contributed by atoms with Crippen LogP contribution in [-0.4, -0.2) is 65.1 Å². The Kier molecular flexibility index (Phi) is 8.79. The van der Waals surface area contributed by atoms with Crippen LogP contribution < -0.4 is 15.0 Å². The van der Waals surface area contributed by atoms with Crippen LogP contribution in [0.2, 0.25) is 0 Å². The highest BCUT2D eigenvalue weighted by atomic mass is 16.5. The third-order valence-electron chi connectivity index (χ3n) is 7.72. The van der Waals surface area contributed by atoms with Crippen LogP contribution in [0.3, 0.4) is 0 Å². The van der Waals surface area contributed by atoms with Crippen LogP contribution in [0.25, 0.3) is 11.0 Å². The summed E-state index contributed by atoms with van der Waals surface area (Å²) in [5.74, 6) is 0.0480. The predicted molar refractivity (Wildman–Crippen MR) is 168 cm³/mol. The highest BCUT2D eigenvalue weighted by Gasteiger charge is 2.32. The number of fused-ring (bicyclic) bond motifs is 1. The number of hydrogen-bond donors (Lipinski definition) is 1. The van der Waals surface area contributed by atoms with Crippen molar-refractivity contribution in [1.82, 2.24) is 19.9 Å². The van der Waals surface area contributed by atoms with Gasteiger partial charge in [-0.3, -0.25) is 9.59 Å². The summed E-state index contributed by atoms with van der Waals surface area (Å²) < 4.78 is 12.4. The van der Waals surface area contributed by atoms with Gasteiger partial charge in [-0.15, -0.1) is 5.10 Å². The van der Waals surface area contributed by atoms with E-state index in [-0.39, 0.29) is 24.9 Å². The lowest BCUT2D eigenvalue weighted by molar-refractivity contribution is -0.140. The molecule has 0 saturated carbocycles. The first-order valence-corrected chi connectivity index (χ1v) is 14.6. The molecule has 2 amide bonds. The maximum atomic E-state index is 14.2. The number of para-hydroxylation sites is 1. The molecule has 0 aliphatic carbocycles. The van der Waals surface area contributed by atoms with Gasteiger partial charge in [0.05, 0.1) is 25.8 Å². The molecule has 2 heterocycles. The number of carbonyl (C=O) groups excluding carboxylic acids is 2. The maximum absolute atomic E-state index is 14.2. The molecule has 0 bridgehead atoms. The number of aromatic nitrogens is 3. The predicted octanol–water partition coefficient (Wildman–Crippen LogP) is 4.69. The minimum atomic E-state index is -0.942. The Bertz CT molecular complexity index is 1700. The molecule has 1 aliphatic heterocycles. The second-order valence-electron chi connectivity index (χ2n) is 10.6. The molecule has 1 fully saturated rings. The van der Waals surface area contributed by atoms with Gasteiger partial charge in [0.1, 0.15) is 23.9 Å².